The van der Waals surface area contributed by atoms with Crippen LogP contribution in [0.25, 0.3) is 0 Å². The van der Waals surface area contributed by atoms with Crippen LogP contribution in [0.5, 0.6) is 5.75 Å². The number of carbonyl (C=O) groups is 2. The molecule has 0 aromatic heterocycles. The van der Waals surface area contributed by atoms with Gasteiger partial charge in [-0.2, -0.15) is 0 Å². The summed E-state index contributed by atoms with van der Waals surface area (Å²) >= 11 is 5.19. The van der Waals surface area contributed by atoms with Crippen molar-refractivity contribution in [3.05, 3.63) is 59.7 Å². The maximum Gasteiger partial charge on any atom is 0.337 e. The van der Waals surface area contributed by atoms with Gasteiger partial charge >= 0.3 is 5.97 Å². The first-order valence-electron chi connectivity index (χ1n) is 8.42. The lowest BCUT2D eigenvalue weighted by molar-refractivity contribution is 0.0600. The molecule has 0 fully saturated rings. The van der Waals surface area contributed by atoms with Crippen LogP contribution < -0.4 is 15.4 Å². The molecule has 6 nitrogen and oxygen atoms in total. The Balaban J connectivity index is 1.98. The standard InChI is InChI=1S/C20H22N2O4S/c1-13(2)12-26-17-9-5-8-16(11-17)21-20(27)22-18(23)14-6-4-7-15(10-14)19(24)25-3/h4-11,13H,12H2,1-3H3,(H2,21,22,23,27). The molecule has 0 atom stereocenters. The molecular formula is C20H22N2O4S. The van der Waals surface area contributed by atoms with Crippen LogP contribution >= 0.6 is 12.2 Å². The fraction of sp³-hybridized carbons (Fsp3) is 0.250. The van der Waals surface area contributed by atoms with Gasteiger partial charge in [-0.3, -0.25) is 10.1 Å². The lowest BCUT2D eigenvalue weighted by Gasteiger charge is -2.12. The molecule has 0 bridgehead atoms. The van der Waals surface area contributed by atoms with E-state index in [-0.39, 0.29) is 5.11 Å². The number of carbonyl (C=O) groups excluding carboxylic acids is 2. The fourth-order valence-corrected chi connectivity index (χ4v) is 2.38. The van der Waals surface area contributed by atoms with Crippen molar-refractivity contribution in [2.24, 2.45) is 5.92 Å². The summed E-state index contributed by atoms with van der Waals surface area (Å²) in [6.45, 7) is 4.76. The second-order valence-corrected chi connectivity index (χ2v) is 6.62. The van der Waals surface area contributed by atoms with Crippen molar-refractivity contribution in [1.82, 2.24) is 5.32 Å². The SMILES string of the molecule is COC(=O)c1cccc(C(=O)NC(=S)Nc2cccc(OCC(C)C)c2)c1. The van der Waals surface area contributed by atoms with Crippen LogP contribution in [0.4, 0.5) is 5.69 Å². The van der Waals surface area contributed by atoms with Crippen molar-refractivity contribution in [3.63, 3.8) is 0 Å². The van der Waals surface area contributed by atoms with E-state index >= 15 is 0 Å². The number of thiocarbonyl (C=S) groups is 1. The number of ether oxygens (including phenoxy) is 2. The van der Waals surface area contributed by atoms with E-state index in [4.69, 9.17) is 17.0 Å². The summed E-state index contributed by atoms with van der Waals surface area (Å²) in [5.41, 5.74) is 1.29. The summed E-state index contributed by atoms with van der Waals surface area (Å²) in [5.74, 6) is 0.199. The molecular weight excluding hydrogens is 364 g/mol. The molecule has 0 spiro atoms. The first-order chi connectivity index (χ1) is 12.9. The summed E-state index contributed by atoms with van der Waals surface area (Å²) in [6, 6.07) is 13.5. The van der Waals surface area contributed by atoms with Crippen molar-refractivity contribution < 1.29 is 19.1 Å². The lowest BCUT2D eigenvalue weighted by atomic mass is 10.1. The molecule has 0 aliphatic heterocycles. The van der Waals surface area contributed by atoms with Gasteiger partial charge in [0.15, 0.2) is 5.11 Å². The van der Waals surface area contributed by atoms with E-state index in [2.05, 4.69) is 29.2 Å². The van der Waals surface area contributed by atoms with E-state index in [1.54, 1.807) is 24.3 Å². The maximum atomic E-state index is 12.3. The Morgan fingerprint density at radius 3 is 2.48 bits per heavy atom. The molecule has 7 heteroatoms. The molecule has 2 N–H and O–H groups in total. The second-order valence-electron chi connectivity index (χ2n) is 6.21. The van der Waals surface area contributed by atoms with Crippen LogP contribution in [-0.2, 0) is 4.74 Å². The van der Waals surface area contributed by atoms with E-state index in [1.807, 2.05) is 18.2 Å². The quantitative estimate of drug-likeness (QED) is 0.583. The van der Waals surface area contributed by atoms with Crippen LogP contribution in [0.2, 0.25) is 0 Å². The molecule has 2 aromatic carbocycles. The van der Waals surface area contributed by atoms with Gasteiger partial charge in [-0.1, -0.05) is 26.0 Å². The van der Waals surface area contributed by atoms with Crippen LogP contribution in [0.3, 0.4) is 0 Å². The molecule has 142 valence electrons. The summed E-state index contributed by atoms with van der Waals surface area (Å²) in [7, 11) is 1.28. The van der Waals surface area contributed by atoms with Gasteiger partial charge < -0.3 is 14.8 Å². The Morgan fingerprint density at radius 2 is 1.78 bits per heavy atom. The molecule has 0 aliphatic rings. The maximum absolute atomic E-state index is 12.3. The summed E-state index contributed by atoms with van der Waals surface area (Å²) in [6.07, 6.45) is 0. The molecule has 0 unspecified atom stereocenters. The molecule has 2 aromatic rings. The van der Waals surface area contributed by atoms with Gasteiger partial charge in [0.05, 0.1) is 19.3 Å². The number of hydrogen-bond donors (Lipinski definition) is 2. The van der Waals surface area contributed by atoms with Gasteiger partial charge in [0.2, 0.25) is 0 Å². The number of rotatable bonds is 6. The van der Waals surface area contributed by atoms with Crippen molar-refractivity contribution >= 4 is 34.9 Å². The van der Waals surface area contributed by atoms with Gasteiger partial charge in [-0.25, -0.2) is 4.79 Å². The van der Waals surface area contributed by atoms with Crippen molar-refractivity contribution in [2.75, 3.05) is 19.0 Å². The number of benzene rings is 2. The van der Waals surface area contributed by atoms with Gasteiger partial charge in [0, 0.05) is 17.3 Å². The minimum absolute atomic E-state index is 0.143. The normalized spacial score (nSPS) is 10.2. The highest BCUT2D eigenvalue weighted by atomic mass is 32.1. The highest BCUT2D eigenvalue weighted by Gasteiger charge is 2.12. The predicted molar refractivity (Wildman–Crippen MR) is 108 cm³/mol. The van der Waals surface area contributed by atoms with Crippen LogP contribution in [0, 0.1) is 5.92 Å². The third kappa shape index (κ3) is 6.38. The number of amides is 1. The smallest absolute Gasteiger partial charge is 0.337 e. The van der Waals surface area contributed by atoms with Crippen LogP contribution in [-0.4, -0.2) is 30.7 Å². The summed E-state index contributed by atoms with van der Waals surface area (Å²) in [4.78, 5) is 23.9. The zero-order valence-corrected chi connectivity index (χ0v) is 16.3. The number of anilines is 1. The minimum atomic E-state index is -0.511. The highest BCUT2D eigenvalue weighted by Crippen LogP contribution is 2.18. The molecule has 2 rings (SSSR count). The predicted octanol–water partition coefficient (Wildman–Crippen LogP) is 3.63. The van der Waals surface area contributed by atoms with E-state index in [0.717, 1.165) is 0 Å². The van der Waals surface area contributed by atoms with Gasteiger partial charge in [-0.15, -0.1) is 0 Å². The van der Waals surface area contributed by atoms with E-state index in [9.17, 15) is 9.59 Å². The van der Waals surface area contributed by atoms with Gasteiger partial charge in [0.1, 0.15) is 5.75 Å². The molecule has 0 saturated carbocycles. The fourth-order valence-electron chi connectivity index (χ4n) is 2.17. The third-order valence-electron chi connectivity index (χ3n) is 3.45. The van der Waals surface area contributed by atoms with Gasteiger partial charge in [-0.05, 0) is 48.5 Å². The Hall–Kier alpha value is -2.93. The number of methoxy groups -OCH3 is 1. The van der Waals surface area contributed by atoms with Crippen LogP contribution in [0.15, 0.2) is 48.5 Å². The van der Waals surface area contributed by atoms with E-state index in [0.29, 0.717) is 35.1 Å². The topological polar surface area (TPSA) is 76.7 Å². The highest BCUT2D eigenvalue weighted by molar-refractivity contribution is 7.80. The molecule has 0 aliphatic carbocycles. The van der Waals surface area contributed by atoms with E-state index < -0.39 is 11.9 Å². The molecule has 27 heavy (non-hydrogen) atoms. The first kappa shape index (κ1) is 20.4. The summed E-state index contributed by atoms with van der Waals surface area (Å²) in [5, 5.41) is 5.68. The monoisotopic (exact) mass is 386 g/mol. The average molecular weight is 386 g/mol. The Labute approximate surface area is 163 Å². The molecule has 0 heterocycles. The first-order valence-corrected chi connectivity index (χ1v) is 8.83. The number of esters is 1. The summed E-state index contributed by atoms with van der Waals surface area (Å²) < 4.78 is 10.3. The Morgan fingerprint density at radius 1 is 1.07 bits per heavy atom. The van der Waals surface area contributed by atoms with Gasteiger partial charge in [0.25, 0.3) is 5.91 Å². The molecule has 0 radical (unpaired) electrons. The second kappa shape index (κ2) is 9.68. The van der Waals surface area contributed by atoms with Crippen LogP contribution in [0.1, 0.15) is 34.6 Å². The zero-order valence-electron chi connectivity index (χ0n) is 15.4. The Kier molecular flexibility index (Phi) is 7.31. The average Bonchev–Trinajstić information content (AvgIpc) is 2.66. The largest absolute Gasteiger partial charge is 0.493 e. The number of hydrogen-bond acceptors (Lipinski definition) is 5. The molecule has 0 saturated heterocycles. The third-order valence-corrected chi connectivity index (χ3v) is 3.65. The lowest BCUT2D eigenvalue weighted by Crippen LogP contribution is -2.34. The van der Waals surface area contributed by atoms with Crippen molar-refractivity contribution in [1.29, 1.82) is 0 Å². The zero-order chi connectivity index (χ0) is 19.8. The van der Waals surface area contributed by atoms with Crippen molar-refractivity contribution in [2.45, 2.75) is 13.8 Å². The van der Waals surface area contributed by atoms with Crippen molar-refractivity contribution in [3.8, 4) is 5.75 Å². The van der Waals surface area contributed by atoms with E-state index in [1.165, 1.54) is 13.2 Å². The molecule has 1 amide bonds. The number of nitrogens with one attached hydrogen (secondary N) is 2. The minimum Gasteiger partial charge on any atom is -0.493 e. The Bertz CT molecular complexity index is 836.